The van der Waals surface area contributed by atoms with Crippen molar-refractivity contribution >= 4 is 11.7 Å². The maximum Gasteiger partial charge on any atom is 0.228 e. The maximum atomic E-state index is 12.4. The zero-order chi connectivity index (χ0) is 15.1. The SMILES string of the molecule is C=CC1CC(=O)N(c2cc(C3CC3)nn2-c2ccccc2)C1. The summed E-state index contributed by atoms with van der Waals surface area (Å²) in [6.07, 6.45) is 4.83. The van der Waals surface area contributed by atoms with Gasteiger partial charge in [0.1, 0.15) is 5.82 Å². The molecule has 1 aliphatic carbocycles. The largest absolute Gasteiger partial charge is 0.296 e. The Labute approximate surface area is 130 Å². The number of carbonyl (C=O) groups is 1. The number of anilines is 1. The summed E-state index contributed by atoms with van der Waals surface area (Å²) in [6.45, 7) is 4.53. The van der Waals surface area contributed by atoms with Crippen molar-refractivity contribution in [3.63, 3.8) is 0 Å². The van der Waals surface area contributed by atoms with Gasteiger partial charge in [0, 0.05) is 30.9 Å². The molecule has 2 aromatic rings. The normalized spacial score (nSPS) is 21.4. The number of para-hydroxylation sites is 1. The number of hydrogen-bond donors (Lipinski definition) is 0. The molecule has 4 rings (SSSR count). The van der Waals surface area contributed by atoms with E-state index in [4.69, 9.17) is 5.10 Å². The number of carbonyl (C=O) groups excluding carboxylic acids is 1. The first-order chi connectivity index (χ1) is 10.8. The predicted octanol–water partition coefficient (Wildman–Crippen LogP) is 3.29. The number of nitrogens with zero attached hydrogens (tertiary/aromatic N) is 3. The van der Waals surface area contributed by atoms with E-state index in [0.717, 1.165) is 17.2 Å². The van der Waals surface area contributed by atoms with Crippen molar-refractivity contribution in [2.75, 3.05) is 11.4 Å². The number of benzene rings is 1. The van der Waals surface area contributed by atoms with E-state index in [9.17, 15) is 4.79 Å². The van der Waals surface area contributed by atoms with E-state index in [1.165, 1.54) is 12.8 Å². The fourth-order valence-electron chi connectivity index (χ4n) is 3.03. The van der Waals surface area contributed by atoms with Crippen LogP contribution in [-0.4, -0.2) is 22.2 Å². The Morgan fingerprint density at radius 2 is 2.00 bits per heavy atom. The summed E-state index contributed by atoms with van der Waals surface area (Å²) in [5.74, 6) is 1.85. The molecular formula is C18H19N3O. The number of aromatic nitrogens is 2. The summed E-state index contributed by atoms with van der Waals surface area (Å²) in [6, 6.07) is 12.1. The zero-order valence-corrected chi connectivity index (χ0v) is 12.5. The fraction of sp³-hybridized carbons (Fsp3) is 0.333. The highest BCUT2D eigenvalue weighted by Crippen LogP contribution is 2.41. The second-order valence-corrected chi connectivity index (χ2v) is 6.15. The van der Waals surface area contributed by atoms with Gasteiger partial charge in [-0.15, -0.1) is 6.58 Å². The summed E-state index contributed by atoms with van der Waals surface area (Å²) in [5, 5.41) is 4.77. The quantitative estimate of drug-likeness (QED) is 0.811. The van der Waals surface area contributed by atoms with Crippen LogP contribution in [0.1, 0.15) is 30.9 Å². The summed E-state index contributed by atoms with van der Waals surface area (Å²) < 4.78 is 1.91. The first-order valence-electron chi connectivity index (χ1n) is 7.84. The average molecular weight is 293 g/mol. The Morgan fingerprint density at radius 3 is 2.64 bits per heavy atom. The fourth-order valence-corrected chi connectivity index (χ4v) is 3.03. The Bertz CT molecular complexity index is 715. The first kappa shape index (κ1) is 13.3. The minimum Gasteiger partial charge on any atom is -0.296 e. The van der Waals surface area contributed by atoms with Crippen LogP contribution in [0.5, 0.6) is 0 Å². The van der Waals surface area contributed by atoms with Gasteiger partial charge in [0.25, 0.3) is 0 Å². The lowest BCUT2D eigenvalue weighted by atomic mass is 10.1. The molecule has 1 saturated carbocycles. The molecule has 1 amide bonds. The third-order valence-electron chi connectivity index (χ3n) is 4.47. The van der Waals surface area contributed by atoms with Crippen LogP contribution < -0.4 is 4.90 Å². The molecule has 2 aliphatic rings. The molecule has 0 spiro atoms. The molecule has 22 heavy (non-hydrogen) atoms. The molecule has 0 radical (unpaired) electrons. The van der Waals surface area contributed by atoms with Crippen molar-refractivity contribution in [1.29, 1.82) is 0 Å². The van der Waals surface area contributed by atoms with Crippen molar-refractivity contribution in [1.82, 2.24) is 9.78 Å². The van der Waals surface area contributed by atoms with Crippen LogP contribution >= 0.6 is 0 Å². The second kappa shape index (κ2) is 5.13. The van der Waals surface area contributed by atoms with Crippen LogP contribution in [0.15, 0.2) is 49.1 Å². The molecule has 1 aromatic carbocycles. The third-order valence-corrected chi connectivity index (χ3v) is 4.47. The van der Waals surface area contributed by atoms with Gasteiger partial charge in [0.15, 0.2) is 0 Å². The molecule has 2 fully saturated rings. The van der Waals surface area contributed by atoms with E-state index in [2.05, 4.69) is 12.6 Å². The Hall–Kier alpha value is -2.36. The minimum atomic E-state index is 0.157. The Morgan fingerprint density at radius 1 is 1.23 bits per heavy atom. The van der Waals surface area contributed by atoms with E-state index < -0.39 is 0 Å². The highest BCUT2D eigenvalue weighted by molar-refractivity contribution is 5.95. The zero-order valence-electron chi connectivity index (χ0n) is 12.5. The lowest BCUT2D eigenvalue weighted by molar-refractivity contribution is -0.117. The molecule has 2 heterocycles. The molecule has 0 N–H and O–H groups in total. The number of amides is 1. The van der Waals surface area contributed by atoms with Gasteiger partial charge in [0.2, 0.25) is 5.91 Å². The summed E-state index contributed by atoms with van der Waals surface area (Å²) in [4.78, 5) is 14.2. The van der Waals surface area contributed by atoms with E-state index in [-0.39, 0.29) is 11.8 Å². The van der Waals surface area contributed by atoms with E-state index >= 15 is 0 Å². The molecule has 1 aliphatic heterocycles. The maximum absolute atomic E-state index is 12.4. The first-order valence-corrected chi connectivity index (χ1v) is 7.84. The molecular weight excluding hydrogens is 274 g/mol. The van der Waals surface area contributed by atoms with Crippen molar-refractivity contribution in [2.45, 2.75) is 25.2 Å². The van der Waals surface area contributed by atoms with Gasteiger partial charge in [-0.3, -0.25) is 9.69 Å². The van der Waals surface area contributed by atoms with Gasteiger partial charge in [-0.25, -0.2) is 4.68 Å². The Kier molecular flexibility index (Phi) is 3.10. The topological polar surface area (TPSA) is 38.1 Å². The molecule has 4 heteroatoms. The molecule has 1 saturated heterocycles. The summed E-state index contributed by atoms with van der Waals surface area (Å²) >= 11 is 0. The van der Waals surface area contributed by atoms with Crippen LogP contribution in [0.25, 0.3) is 5.69 Å². The highest BCUT2D eigenvalue weighted by Gasteiger charge is 2.34. The van der Waals surface area contributed by atoms with Gasteiger partial charge in [-0.1, -0.05) is 24.3 Å². The highest BCUT2D eigenvalue weighted by atomic mass is 16.2. The van der Waals surface area contributed by atoms with Gasteiger partial charge in [-0.05, 0) is 25.0 Å². The average Bonchev–Trinajstić information content (AvgIpc) is 3.20. The van der Waals surface area contributed by atoms with E-state index in [1.54, 1.807) is 0 Å². The lowest BCUT2D eigenvalue weighted by Gasteiger charge is -2.17. The number of rotatable bonds is 4. The molecule has 1 unspecified atom stereocenters. The lowest BCUT2D eigenvalue weighted by Crippen LogP contribution is -2.26. The van der Waals surface area contributed by atoms with Crippen LogP contribution in [0.3, 0.4) is 0 Å². The standard InChI is InChI=1S/C18H19N3O/c1-2-13-10-18(22)20(12-13)17-11-16(14-8-9-14)19-21(17)15-6-4-3-5-7-15/h2-7,11,13-14H,1,8-10,12H2. The summed E-state index contributed by atoms with van der Waals surface area (Å²) in [7, 11) is 0. The molecule has 4 nitrogen and oxygen atoms in total. The third kappa shape index (κ3) is 2.25. The van der Waals surface area contributed by atoms with Gasteiger partial charge < -0.3 is 0 Å². The van der Waals surface area contributed by atoms with Crippen LogP contribution in [0.2, 0.25) is 0 Å². The van der Waals surface area contributed by atoms with Gasteiger partial charge in [0.05, 0.1) is 11.4 Å². The van der Waals surface area contributed by atoms with Crippen LogP contribution in [0.4, 0.5) is 5.82 Å². The molecule has 112 valence electrons. The molecule has 0 bridgehead atoms. The molecule has 1 atom stereocenters. The summed E-state index contributed by atoms with van der Waals surface area (Å²) in [5.41, 5.74) is 2.10. The number of hydrogen-bond acceptors (Lipinski definition) is 2. The second-order valence-electron chi connectivity index (χ2n) is 6.15. The predicted molar refractivity (Wildman–Crippen MR) is 86.2 cm³/mol. The van der Waals surface area contributed by atoms with Crippen molar-refractivity contribution in [3.8, 4) is 5.69 Å². The van der Waals surface area contributed by atoms with E-state index in [1.807, 2.05) is 46.0 Å². The van der Waals surface area contributed by atoms with Crippen molar-refractivity contribution in [2.24, 2.45) is 5.92 Å². The smallest absolute Gasteiger partial charge is 0.228 e. The van der Waals surface area contributed by atoms with Crippen molar-refractivity contribution < 1.29 is 4.79 Å². The molecule has 1 aromatic heterocycles. The van der Waals surface area contributed by atoms with Gasteiger partial charge in [-0.2, -0.15) is 5.10 Å². The van der Waals surface area contributed by atoms with Gasteiger partial charge >= 0.3 is 0 Å². The van der Waals surface area contributed by atoms with Crippen LogP contribution in [-0.2, 0) is 4.79 Å². The monoisotopic (exact) mass is 293 g/mol. The Balaban J connectivity index is 1.77. The minimum absolute atomic E-state index is 0.157. The van der Waals surface area contributed by atoms with Crippen LogP contribution in [0, 0.1) is 5.92 Å². The van der Waals surface area contributed by atoms with E-state index in [0.29, 0.717) is 18.9 Å². The van der Waals surface area contributed by atoms with Crippen molar-refractivity contribution in [3.05, 3.63) is 54.7 Å².